The Morgan fingerprint density at radius 1 is 1.29 bits per heavy atom. The molecule has 1 aromatic rings. The monoisotopic (exact) mass is 302 g/mol. The maximum Gasteiger partial charge on any atom is 0.168 e. The van der Waals surface area contributed by atoms with Crippen LogP contribution in [0.3, 0.4) is 0 Å². The zero-order valence-corrected chi connectivity index (χ0v) is 11.0. The fourth-order valence-electron chi connectivity index (χ4n) is 1.15. The molecule has 0 atom stereocenters. The first-order valence-electron chi connectivity index (χ1n) is 4.78. The van der Waals surface area contributed by atoms with Crippen molar-refractivity contribution < 1.29 is 4.79 Å². The topological polar surface area (TPSA) is 17.1 Å². The molecule has 0 aromatic heterocycles. The van der Waals surface area contributed by atoms with Crippen LogP contribution >= 0.6 is 22.6 Å². The highest BCUT2D eigenvalue weighted by molar-refractivity contribution is 14.1. The first-order chi connectivity index (χ1) is 6.47. The van der Waals surface area contributed by atoms with E-state index in [1.54, 1.807) is 0 Å². The summed E-state index contributed by atoms with van der Waals surface area (Å²) in [5.74, 6) is 0.233. The third kappa shape index (κ3) is 2.56. The van der Waals surface area contributed by atoms with Gasteiger partial charge in [-0.15, -0.1) is 0 Å². The lowest BCUT2D eigenvalue weighted by atomic mass is 9.82. The van der Waals surface area contributed by atoms with E-state index in [2.05, 4.69) is 22.6 Å². The summed E-state index contributed by atoms with van der Waals surface area (Å²) in [6, 6.07) is 7.75. The van der Waals surface area contributed by atoms with Crippen LogP contribution in [0.2, 0.25) is 0 Å². The molecule has 1 nitrogen and oxygen atoms in total. The lowest BCUT2D eigenvalue weighted by Gasteiger charge is -2.20. The molecule has 0 aliphatic carbocycles. The molecule has 0 saturated carbocycles. The van der Waals surface area contributed by atoms with Crippen LogP contribution in [-0.4, -0.2) is 5.78 Å². The minimum Gasteiger partial charge on any atom is -0.294 e. The molecule has 0 aliphatic heterocycles. The van der Waals surface area contributed by atoms with Crippen molar-refractivity contribution in [2.75, 3.05) is 0 Å². The van der Waals surface area contributed by atoms with E-state index in [0.29, 0.717) is 0 Å². The molecule has 14 heavy (non-hydrogen) atoms. The maximum absolute atomic E-state index is 12.0. The van der Waals surface area contributed by atoms with Crippen molar-refractivity contribution in [1.82, 2.24) is 0 Å². The van der Waals surface area contributed by atoms with Gasteiger partial charge in [0.1, 0.15) is 0 Å². The van der Waals surface area contributed by atoms with Gasteiger partial charge in [-0.25, -0.2) is 0 Å². The highest BCUT2D eigenvalue weighted by Gasteiger charge is 2.26. The minimum absolute atomic E-state index is 0.233. The molecule has 76 valence electrons. The molecule has 2 heteroatoms. The van der Waals surface area contributed by atoms with Crippen LogP contribution in [0.5, 0.6) is 0 Å². The molecule has 0 amide bonds. The summed E-state index contributed by atoms with van der Waals surface area (Å²) in [7, 11) is 0. The van der Waals surface area contributed by atoms with Gasteiger partial charge in [-0.1, -0.05) is 32.9 Å². The number of Topliss-reactive ketones (excluding diaryl/α,β-unsaturated/α-hetero) is 1. The number of rotatable bonds is 3. The smallest absolute Gasteiger partial charge is 0.168 e. The second-order valence-corrected chi connectivity index (χ2v) is 5.32. The number of hydrogen-bond acceptors (Lipinski definition) is 1. The SMILES string of the molecule is CCC(C)(C)C(=O)c1ccc(I)cc1. The minimum atomic E-state index is -0.243. The Morgan fingerprint density at radius 2 is 1.79 bits per heavy atom. The van der Waals surface area contributed by atoms with Gasteiger partial charge >= 0.3 is 0 Å². The highest BCUT2D eigenvalue weighted by Crippen LogP contribution is 2.25. The van der Waals surface area contributed by atoms with Gasteiger partial charge in [0.2, 0.25) is 0 Å². The summed E-state index contributed by atoms with van der Waals surface area (Å²) in [6.07, 6.45) is 0.873. The van der Waals surface area contributed by atoms with Crippen LogP contribution in [-0.2, 0) is 0 Å². The highest BCUT2D eigenvalue weighted by atomic mass is 127. The van der Waals surface area contributed by atoms with Crippen molar-refractivity contribution in [3.63, 3.8) is 0 Å². The van der Waals surface area contributed by atoms with E-state index >= 15 is 0 Å². The van der Waals surface area contributed by atoms with Crippen LogP contribution in [0.25, 0.3) is 0 Å². The Hall–Kier alpha value is -0.380. The molecule has 0 bridgehead atoms. The molecule has 0 spiro atoms. The normalized spacial score (nSPS) is 11.4. The third-order valence-corrected chi connectivity index (χ3v) is 3.32. The predicted molar refractivity (Wildman–Crippen MR) is 67.6 cm³/mol. The van der Waals surface area contributed by atoms with Gasteiger partial charge < -0.3 is 0 Å². The van der Waals surface area contributed by atoms with E-state index in [1.807, 2.05) is 45.0 Å². The molecule has 0 unspecified atom stereocenters. The second kappa shape index (κ2) is 4.43. The summed E-state index contributed by atoms with van der Waals surface area (Å²) >= 11 is 2.24. The molecule has 0 fully saturated rings. The van der Waals surface area contributed by atoms with Crippen LogP contribution < -0.4 is 0 Å². The Bertz CT molecular complexity index is 325. The Labute approximate surface area is 99.0 Å². The van der Waals surface area contributed by atoms with Gasteiger partial charge in [-0.3, -0.25) is 4.79 Å². The van der Waals surface area contributed by atoms with Gasteiger partial charge in [0.05, 0.1) is 0 Å². The van der Waals surface area contributed by atoms with Gasteiger partial charge in [0, 0.05) is 14.5 Å². The lowest BCUT2D eigenvalue weighted by Crippen LogP contribution is -2.23. The van der Waals surface area contributed by atoms with Gasteiger partial charge in [0.15, 0.2) is 5.78 Å². The molecule has 1 rings (SSSR count). The second-order valence-electron chi connectivity index (χ2n) is 4.07. The number of ketones is 1. The first kappa shape index (κ1) is 11.7. The van der Waals surface area contributed by atoms with E-state index in [-0.39, 0.29) is 11.2 Å². The number of carbonyl (C=O) groups is 1. The van der Waals surface area contributed by atoms with Crippen molar-refractivity contribution in [3.8, 4) is 0 Å². The summed E-state index contributed by atoms with van der Waals surface area (Å²) < 4.78 is 1.16. The zero-order chi connectivity index (χ0) is 10.8. The Morgan fingerprint density at radius 3 is 2.21 bits per heavy atom. The van der Waals surface area contributed by atoms with Gasteiger partial charge in [-0.05, 0) is 41.1 Å². The van der Waals surface area contributed by atoms with Crippen LogP contribution in [0, 0.1) is 8.99 Å². The van der Waals surface area contributed by atoms with Crippen molar-refractivity contribution >= 4 is 28.4 Å². The Balaban J connectivity index is 2.96. The molecule has 1 aromatic carbocycles. The number of carbonyl (C=O) groups excluding carboxylic acids is 1. The average molecular weight is 302 g/mol. The lowest BCUT2D eigenvalue weighted by molar-refractivity contribution is 0.0833. The Kier molecular flexibility index (Phi) is 3.70. The molecular weight excluding hydrogens is 287 g/mol. The maximum atomic E-state index is 12.0. The van der Waals surface area contributed by atoms with Crippen LogP contribution in [0.15, 0.2) is 24.3 Å². The molecule has 0 aliphatic rings. The number of benzene rings is 1. The standard InChI is InChI=1S/C12H15IO/c1-4-12(2,3)11(14)9-5-7-10(13)8-6-9/h5-8H,4H2,1-3H3. The van der Waals surface area contributed by atoms with Crippen molar-refractivity contribution in [2.45, 2.75) is 27.2 Å². The van der Waals surface area contributed by atoms with Crippen LogP contribution in [0.4, 0.5) is 0 Å². The molecule has 0 radical (unpaired) electrons. The average Bonchev–Trinajstić information content (AvgIpc) is 2.18. The fraction of sp³-hybridized carbons (Fsp3) is 0.417. The van der Waals surface area contributed by atoms with E-state index in [4.69, 9.17) is 0 Å². The molecule has 0 heterocycles. The van der Waals surface area contributed by atoms with Crippen LogP contribution in [0.1, 0.15) is 37.6 Å². The molecule has 0 saturated heterocycles. The first-order valence-corrected chi connectivity index (χ1v) is 5.85. The van der Waals surface area contributed by atoms with Crippen molar-refractivity contribution in [3.05, 3.63) is 33.4 Å². The van der Waals surface area contributed by atoms with E-state index in [1.165, 1.54) is 0 Å². The van der Waals surface area contributed by atoms with Gasteiger partial charge in [0.25, 0.3) is 0 Å². The number of halogens is 1. The summed E-state index contributed by atoms with van der Waals surface area (Å²) in [5.41, 5.74) is 0.574. The largest absolute Gasteiger partial charge is 0.294 e. The van der Waals surface area contributed by atoms with E-state index in [9.17, 15) is 4.79 Å². The van der Waals surface area contributed by atoms with E-state index < -0.39 is 0 Å². The molecule has 0 N–H and O–H groups in total. The quantitative estimate of drug-likeness (QED) is 0.611. The fourth-order valence-corrected chi connectivity index (χ4v) is 1.51. The van der Waals surface area contributed by atoms with Crippen molar-refractivity contribution in [1.29, 1.82) is 0 Å². The predicted octanol–water partition coefficient (Wildman–Crippen LogP) is 3.91. The molecular formula is C12H15IO. The summed E-state index contributed by atoms with van der Waals surface area (Å²) in [4.78, 5) is 12.0. The third-order valence-electron chi connectivity index (χ3n) is 2.60. The van der Waals surface area contributed by atoms with E-state index in [0.717, 1.165) is 15.6 Å². The van der Waals surface area contributed by atoms with Gasteiger partial charge in [-0.2, -0.15) is 0 Å². The zero-order valence-electron chi connectivity index (χ0n) is 8.80. The summed E-state index contributed by atoms with van der Waals surface area (Å²) in [5, 5.41) is 0. The van der Waals surface area contributed by atoms with Crippen molar-refractivity contribution in [2.24, 2.45) is 5.41 Å². The summed E-state index contributed by atoms with van der Waals surface area (Å²) in [6.45, 7) is 6.03. The number of hydrogen-bond donors (Lipinski definition) is 0.